The summed E-state index contributed by atoms with van der Waals surface area (Å²) in [7, 11) is 1.90. The van der Waals surface area contributed by atoms with Gasteiger partial charge < -0.3 is 5.32 Å². The normalized spacial score (nSPS) is 22.3. The summed E-state index contributed by atoms with van der Waals surface area (Å²) in [4.78, 5) is 14.4. The number of hydrogen-bond donors (Lipinski definition) is 1. The van der Waals surface area contributed by atoms with E-state index in [0.29, 0.717) is 5.92 Å². The van der Waals surface area contributed by atoms with Crippen molar-refractivity contribution in [1.29, 1.82) is 0 Å². The SMILES string of the molecule is CCc1nn(C)c(Cl)c1CN1CCC(CNC(=O)C2CCC2)C1. The number of hydrogen-bond acceptors (Lipinski definition) is 3. The van der Waals surface area contributed by atoms with Crippen LogP contribution in [0.15, 0.2) is 0 Å². The van der Waals surface area contributed by atoms with Gasteiger partial charge in [0.25, 0.3) is 0 Å². The standard InChI is InChI=1S/C17H27ClN4O/c1-3-15-14(16(18)21(2)20-15)11-22-8-7-12(10-22)9-19-17(23)13-5-4-6-13/h12-13H,3-11H2,1-2H3,(H,19,23). The Labute approximate surface area is 143 Å². The maximum atomic E-state index is 11.9. The van der Waals surface area contributed by atoms with E-state index < -0.39 is 0 Å². The van der Waals surface area contributed by atoms with Gasteiger partial charge in [0.15, 0.2) is 0 Å². The molecular formula is C17H27ClN4O. The average Bonchev–Trinajstić information content (AvgIpc) is 3.03. The number of rotatable bonds is 6. The lowest BCUT2D eigenvalue weighted by Crippen LogP contribution is -2.37. The van der Waals surface area contributed by atoms with Crippen molar-refractivity contribution in [3.63, 3.8) is 0 Å². The molecule has 1 N–H and O–H groups in total. The van der Waals surface area contributed by atoms with Gasteiger partial charge in [-0.2, -0.15) is 5.10 Å². The number of aromatic nitrogens is 2. The Balaban J connectivity index is 1.49. The number of carbonyl (C=O) groups is 1. The molecule has 0 aromatic carbocycles. The number of halogens is 1. The second kappa shape index (κ2) is 7.22. The third kappa shape index (κ3) is 3.72. The molecule has 1 saturated heterocycles. The van der Waals surface area contributed by atoms with Crippen LogP contribution in [0.3, 0.4) is 0 Å². The second-order valence-corrected chi connectivity index (χ2v) is 7.31. The first-order chi connectivity index (χ1) is 11.1. The fourth-order valence-corrected chi connectivity index (χ4v) is 3.75. The zero-order valence-electron chi connectivity index (χ0n) is 14.1. The van der Waals surface area contributed by atoms with Crippen LogP contribution in [0.5, 0.6) is 0 Å². The molecule has 1 saturated carbocycles. The Morgan fingerprint density at radius 2 is 2.17 bits per heavy atom. The number of nitrogens with one attached hydrogen (secondary N) is 1. The summed E-state index contributed by atoms with van der Waals surface area (Å²) in [5, 5.41) is 8.38. The summed E-state index contributed by atoms with van der Waals surface area (Å²) in [5.74, 6) is 1.10. The highest BCUT2D eigenvalue weighted by Gasteiger charge is 2.28. The number of likely N-dealkylation sites (tertiary alicyclic amines) is 1. The number of aryl methyl sites for hydroxylation is 2. The van der Waals surface area contributed by atoms with Crippen LogP contribution in [0.4, 0.5) is 0 Å². The molecule has 1 aliphatic carbocycles. The summed E-state index contributed by atoms with van der Waals surface area (Å²) in [6, 6.07) is 0. The lowest BCUT2D eigenvalue weighted by Gasteiger charge is -2.25. The van der Waals surface area contributed by atoms with Crippen LogP contribution in [0.25, 0.3) is 0 Å². The molecule has 0 radical (unpaired) electrons. The van der Waals surface area contributed by atoms with Crippen LogP contribution in [-0.4, -0.2) is 40.2 Å². The molecule has 2 fully saturated rings. The summed E-state index contributed by atoms with van der Waals surface area (Å²) in [6.07, 6.45) is 5.40. The number of nitrogens with zero attached hydrogens (tertiary/aromatic N) is 3. The lowest BCUT2D eigenvalue weighted by molar-refractivity contribution is -0.127. The van der Waals surface area contributed by atoms with Gasteiger partial charge in [0.2, 0.25) is 5.91 Å². The molecule has 6 heteroatoms. The first kappa shape index (κ1) is 16.8. The molecule has 1 amide bonds. The van der Waals surface area contributed by atoms with Crippen LogP contribution < -0.4 is 5.32 Å². The smallest absolute Gasteiger partial charge is 0.223 e. The maximum absolute atomic E-state index is 11.9. The predicted molar refractivity (Wildman–Crippen MR) is 91.3 cm³/mol. The van der Waals surface area contributed by atoms with E-state index in [4.69, 9.17) is 11.6 Å². The van der Waals surface area contributed by atoms with Crippen LogP contribution in [0.1, 0.15) is 43.9 Å². The summed E-state index contributed by atoms with van der Waals surface area (Å²) >= 11 is 6.38. The van der Waals surface area contributed by atoms with E-state index in [1.54, 1.807) is 4.68 Å². The van der Waals surface area contributed by atoms with Gasteiger partial charge >= 0.3 is 0 Å². The minimum absolute atomic E-state index is 0.262. The predicted octanol–water partition coefficient (Wildman–Crippen LogP) is 2.37. The fraction of sp³-hybridized carbons (Fsp3) is 0.765. The van der Waals surface area contributed by atoms with Crippen molar-refractivity contribution in [2.75, 3.05) is 19.6 Å². The second-order valence-electron chi connectivity index (χ2n) is 6.96. The molecule has 1 aromatic rings. The monoisotopic (exact) mass is 338 g/mol. The topological polar surface area (TPSA) is 50.2 Å². The first-order valence-corrected chi connectivity index (χ1v) is 9.16. The molecule has 1 atom stereocenters. The van der Waals surface area contributed by atoms with Crippen LogP contribution in [0, 0.1) is 11.8 Å². The molecule has 1 unspecified atom stereocenters. The molecule has 5 nitrogen and oxygen atoms in total. The molecule has 0 bridgehead atoms. The van der Waals surface area contributed by atoms with Gasteiger partial charge in [-0.3, -0.25) is 14.4 Å². The molecular weight excluding hydrogens is 312 g/mol. The van der Waals surface area contributed by atoms with Crippen molar-refractivity contribution in [2.24, 2.45) is 18.9 Å². The van der Waals surface area contributed by atoms with E-state index >= 15 is 0 Å². The maximum Gasteiger partial charge on any atom is 0.223 e. The fourth-order valence-electron chi connectivity index (χ4n) is 3.55. The largest absolute Gasteiger partial charge is 0.356 e. The van der Waals surface area contributed by atoms with Gasteiger partial charge in [-0.25, -0.2) is 0 Å². The molecule has 2 heterocycles. The third-order valence-electron chi connectivity index (χ3n) is 5.28. The summed E-state index contributed by atoms with van der Waals surface area (Å²) < 4.78 is 1.77. The van der Waals surface area contributed by atoms with E-state index in [1.807, 2.05) is 7.05 Å². The highest BCUT2D eigenvalue weighted by Crippen LogP contribution is 2.27. The average molecular weight is 339 g/mol. The molecule has 2 aliphatic rings. The Hall–Kier alpha value is -1.07. The van der Waals surface area contributed by atoms with Crippen LogP contribution in [-0.2, 0) is 24.8 Å². The zero-order chi connectivity index (χ0) is 16.4. The minimum Gasteiger partial charge on any atom is -0.356 e. The Kier molecular flexibility index (Phi) is 5.27. The highest BCUT2D eigenvalue weighted by molar-refractivity contribution is 6.30. The van der Waals surface area contributed by atoms with Gasteiger partial charge in [0.1, 0.15) is 5.15 Å². The van der Waals surface area contributed by atoms with Gasteiger partial charge in [0.05, 0.1) is 5.69 Å². The van der Waals surface area contributed by atoms with Crippen LogP contribution >= 0.6 is 11.6 Å². The van der Waals surface area contributed by atoms with E-state index in [0.717, 1.165) is 68.3 Å². The van der Waals surface area contributed by atoms with Gasteiger partial charge in [-0.15, -0.1) is 0 Å². The van der Waals surface area contributed by atoms with Gasteiger partial charge in [-0.1, -0.05) is 24.9 Å². The van der Waals surface area contributed by atoms with Crippen molar-refractivity contribution < 1.29 is 4.79 Å². The Bertz CT molecular complexity index is 567. The number of carbonyl (C=O) groups excluding carboxylic acids is 1. The van der Waals surface area contributed by atoms with Crippen molar-refractivity contribution in [1.82, 2.24) is 20.0 Å². The van der Waals surface area contributed by atoms with Gasteiger partial charge in [-0.05, 0) is 38.1 Å². The summed E-state index contributed by atoms with van der Waals surface area (Å²) in [6.45, 7) is 5.89. The molecule has 128 valence electrons. The molecule has 1 aliphatic heterocycles. The summed E-state index contributed by atoms with van der Waals surface area (Å²) in [5.41, 5.74) is 2.26. The van der Waals surface area contributed by atoms with E-state index in [1.165, 1.54) is 6.42 Å². The van der Waals surface area contributed by atoms with E-state index in [2.05, 4.69) is 22.2 Å². The van der Waals surface area contributed by atoms with Crippen molar-refractivity contribution in [3.8, 4) is 0 Å². The molecule has 23 heavy (non-hydrogen) atoms. The number of amides is 1. The van der Waals surface area contributed by atoms with Crippen molar-refractivity contribution >= 4 is 17.5 Å². The van der Waals surface area contributed by atoms with Crippen molar-refractivity contribution in [3.05, 3.63) is 16.4 Å². The van der Waals surface area contributed by atoms with E-state index in [-0.39, 0.29) is 11.8 Å². The molecule has 1 aromatic heterocycles. The first-order valence-electron chi connectivity index (χ1n) is 8.78. The molecule has 3 rings (SSSR count). The van der Waals surface area contributed by atoms with Crippen LogP contribution in [0.2, 0.25) is 5.15 Å². The minimum atomic E-state index is 0.262. The lowest BCUT2D eigenvalue weighted by atomic mass is 9.85. The third-order valence-corrected chi connectivity index (χ3v) is 5.75. The Morgan fingerprint density at radius 1 is 1.39 bits per heavy atom. The highest BCUT2D eigenvalue weighted by atomic mass is 35.5. The van der Waals surface area contributed by atoms with Crippen molar-refractivity contribution in [2.45, 2.75) is 45.6 Å². The van der Waals surface area contributed by atoms with E-state index in [9.17, 15) is 4.79 Å². The quantitative estimate of drug-likeness (QED) is 0.866. The Morgan fingerprint density at radius 3 is 2.83 bits per heavy atom. The van der Waals surface area contributed by atoms with Gasteiger partial charge in [0, 0.05) is 38.2 Å². The molecule has 0 spiro atoms. The zero-order valence-corrected chi connectivity index (χ0v) is 14.9.